The van der Waals surface area contributed by atoms with Crippen molar-refractivity contribution in [2.75, 3.05) is 6.26 Å². The molecule has 3 atom stereocenters. The molecule has 1 aromatic carbocycles. The van der Waals surface area contributed by atoms with E-state index in [4.69, 9.17) is 11.6 Å². The number of nitrogens with one attached hydrogen (secondary N) is 1. The Kier molecular flexibility index (Phi) is 7.15. The Morgan fingerprint density at radius 3 is 2.51 bits per heavy atom. The fourth-order valence-electron chi connectivity index (χ4n) is 4.64. The summed E-state index contributed by atoms with van der Waals surface area (Å²) in [6.45, 7) is 1.89. The quantitative estimate of drug-likeness (QED) is 0.550. The first-order valence-corrected chi connectivity index (χ1v) is 13.7. The molecule has 188 valence electrons. The Bertz CT molecular complexity index is 1270. The van der Waals surface area contributed by atoms with Crippen LogP contribution in [0.2, 0.25) is 5.02 Å². The molecule has 1 aliphatic carbocycles. The number of aromatic nitrogens is 1. The van der Waals surface area contributed by atoms with Gasteiger partial charge in [0, 0.05) is 24.1 Å². The molecule has 0 spiro atoms. The summed E-state index contributed by atoms with van der Waals surface area (Å²) in [5.41, 5.74) is -0.0520. The van der Waals surface area contributed by atoms with Crippen LogP contribution in [-0.2, 0) is 14.6 Å². The van der Waals surface area contributed by atoms with Crippen LogP contribution in [0.5, 0.6) is 0 Å². The van der Waals surface area contributed by atoms with Gasteiger partial charge in [-0.05, 0) is 62.3 Å². The van der Waals surface area contributed by atoms with Gasteiger partial charge >= 0.3 is 0 Å². The number of hydrogen-bond acceptors (Lipinski definition) is 5. The van der Waals surface area contributed by atoms with Crippen molar-refractivity contribution in [2.45, 2.75) is 62.0 Å². The van der Waals surface area contributed by atoms with Crippen LogP contribution in [0.15, 0.2) is 35.4 Å². The molecule has 2 heterocycles. The van der Waals surface area contributed by atoms with Gasteiger partial charge in [0.15, 0.2) is 9.84 Å². The van der Waals surface area contributed by atoms with Gasteiger partial charge in [-0.15, -0.1) is 0 Å². The third-order valence-electron chi connectivity index (χ3n) is 6.66. The maximum atomic E-state index is 14.6. The summed E-state index contributed by atoms with van der Waals surface area (Å²) >= 11 is 5.69. The lowest BCUT2D eigenvalue weighted by Crippen LogP contribution is -2.50. The van der Waals surface area contributed by atoms with Crippen molar-refractivity contribution < 1.29 is 26.8 Å². The topological polar surface area (TPSA) is 96.4 Å². The van der Waals surface area contributed by atoms with E-state index in [1.165, 1.54) is 23.2 Å². The number of nitrogens with zero attached hydrogens (tertiary/aromatic N) is 2. The Labute approximate surface area is 207 Å². The molecule has 2 amide bonds. The van der Waals surface area contributed by atoms with Crippen molar-refractivity contribution in [3.05, 3.63) is 58.4 Å². The van der Waals surface area contributed by atoms with Crippen molar-refractivity contribution in [3.63, 3.8) is 0 Å². The van der Waals surface area contributed by atoms with Crippen molar-refractivity contribution in [3.8, 4) is 0 Å². The lowest BCUT2D eigenvalue weighted by Gasteiger charge is -2.30. The third-order valence-corrected chi connectivity index (χ3v) is 8.06. The number of rotatable bonds is 7. The van der Waals surface area contributed by atoms with Gasteiger partial charge in [0.1, 0.15) is 23.4 Å². The summed E-state index contributed by atoms with van der Waals surface area (Å²) in [6, 6.07) is 2.57. The second-order valence-electron chi connectivity index (χ2n) is 9.13. The minimum absolute atomic E-state index is 0.0215. The second kappa shape index (κ2) is 9.81. The SMILES string of the molecule is CC[C@@H]1CC[C@H](C(=O)NC(c2cc(F)c(Cl)cc2F)C2CC2)N1C(=O)c1cc(S(C)(=O)=O)ccn1. The molecule has 7 nitrogen and oxygen atoms in total. The first kappa shape index (κ1) is 25.5. The molecule has 0 radical (unpaired) electrons. The lowest BCUT2D eigenvalue weighted by molar-refractivity contribution is -0.126. The van der Waals surface area contributed by atoms with Crippen LogP contribution in [0, 0.1) is 17.6 Å². The number of pyridine rings is 1. The number of amides is 2. The Morgan fingerprint density at radius 1 is 1.17 bits per heavy atom. The largest absolute Gasteiger partial charge is 0.347 e. The Hall–Kier alpha value is -2.59. The first-order valence-electron chi connectivity index (χ1n) is 11.4. The zero-order valence-electron chi connectivity index (χ0n) is 19.3. The molecule has 11 heteroatoms. The maximum absolute atomic E-state index is 14.6. The van der Waals surface area contributed by atoms with Gasteiger partial charge in [0.25, 0.3) is 5.91 Å². The number of hydrogen-bond donors (Lipinski definition) is 1. The number of carbonyl (C=O) groups excluding carboxylic acids is 2. The molecular formula is C24H26ClF2N3O4S. The molecule has 1 saturated carbocycles. The van der Waals surface area contributed by atoms with Gasteiger partial charge in [-0.3, -0.25) is 14.6 Å². The highest BCUT2D eigenvalue weighted by Gasteiger charge is 2.43. The summed E-state index contributed by atoms with van der Waals surface area (Å²) in [5, 5.41) is 2.50. The van der Waals surface area contributed by atoms with E-state index < -0.39 is 45.4 Å². The van der Waals surface area contributed by atoms with Gasteiger partial charge in [-0.1, -0.05) is 18.5 Å². The molecule has 4 rings (SSSR count). The Balaban J connectivity index is 1.61. The van der Waals surface area contributed by atoms with E-state index in [1.54, 1.807) is 0 Å². The van der Waals surface area contributed by atoms with Gasteiger partial charge in [0.05, 0.1) is 16.0 Å². The van der Waals surface area contributed by atoms with Crippen molar-refractivity contribution in [1.29, 1.82) is 0 Å². The number of sulfone groups is 1. The summed E-state index contributed by atoms with van der Waals surface area (Å²) in [5.74, 6) is -2.55. The molecular weight excluding hydrogens is 500 g/mol. The molecule has 0 bridgehead atoms. The van der Waals surface area contributed by atoms with Crippen LogP contribution in [-0.4, -0.2) is 48.5 Å². The zero-order valence-corrected chi connectivity index (χ0v) is 20.9. The molecule has 35 heavy (non-hydrogen) atoms. The van der Waals surface area contributed by atoms with Crippen molar-refractivity contribution >= 4 is 33.3 Å². The minimum atomic E-state index is -3.56. The van der Waals surface area contributed by atoms with Crippen molar-refractivity contribution in [1.82, 2.24) is 15.2 Å². The number of carbonyl (C=O) groups is 2. The highest BCUT2D eigenvalue weighted by Crippen LogP contribution is 2.43. The van der Waals surface area contributed by atoms with Crippen molar-refractivity contribution in [2.24, 2.45) is 5.92 Å². The van der Waals surface area contributed by atoms with Gasteiger partial charge in [-0.25, -0.2) is 17.2 Å². The monoisotopic (exact) mass is 525 g/mol. The minimum Gasteiger partial charge on any atom is -0.347 e. The molecule has 2 aliphatic rings. The van der Waals surface area contributed by atoms with E-state index in [-0.39, 0.29) is 33.1 Å². The average Bonchev–Trinajstić information content (AvgIpc) is 3.56. The molecule has 2 aromatic rings. The van der Waals surface area contributed by atoms with Crippen LogP contribution in [0.3, 0.4) is 0 Å². The molecule has 1 aliphatic heterocycles. The van der Waals surface area contributed by atoms with Crippen LogP contribution < -0.4 is 5.32 Å². The molecule has 2 fully saturated rings. The van der Waals surface area contributed by atoms with E-state index >= 15 is 0 Å². The predicted molar refractivity (Wildman–Crippen MR) is 126 cm³/mol. The standard InChI is InChI=1S/C24H26ClF2N3O4S/c1-3-14-6-7-21(30(14)24(32)20-10-15(8-9-28-20)35(2,33)34)23(31)29-22(13-4-5-13)16-11-19(27)17(25)12-18(16)26/h8-14,21-22H,3-7H2,1-2H3,(H,29,31)/t14-,21-,22?/m1/s1. The van der Waals surface area contributed by atoms with Crippen LogP contribution in [0.25, 0.3) is 0 Å². The highest BCUT2D eigenvalue weighted by molar-refractivity contribution is 7.90. The van der Waals surface area contributed by atoms with E-state index in [9.17, 15) is 26.8 Å². The fraction of sp³-hybridized carbons (Fsp3) is 0.458. The zero-order chi connectivity index (χ0) is 25.5. The van der Waals surface area contributed by atoms with E-state index in [2.05, 4.69) is 10.3 Å². The van der Waals surface area contributed by atoms with E-state index in [0.29, 0.717) is 19.3 Å². The number of halogens is 3. The summed E-state index contributed by atoms with van der Waals surface area (Å²) in [7, 11) is -3.56. The number of benzene rings is 1. The van der Waals surface area contributed by atoms with Crippen LogP contribution in [0.4, 0.5) is 8.78 Å². The lowest BCUT2D eigenvalue weighted by atomic mass is 10.0. The van der Waals surface area contributed by atoms with E-state index in [0.717, 1.165) is 31.2 Å². The normalized spacial score (nSPS) is 21.1. The van der Waals surface area contributed by atoms with E-state index in [1.807, 2.05) is 6.92 Å². The average molecular weight is 526 g/mol. The van der Waals surface area contributed by atoms with Gasteiger partial charge < -0.3 is 10.2 Å². The predicted octanol–water partition coefficient (Wildman–Crippen LogP) is 4.07. The van der Waals surface area contributed by atoms with Crippen LogP contribution >= 0.6 is 11.6 Å². The van der Waals surface area contributed by atoms with Crippen LogP contribution in [0.1, 0.15) is 61.1 Å². The van der Waals surface area contributed by atoms with Gasteiger partial charge in [-0.2, -0.15) is 0 Å². The molecule has 1 unspecified atom stereocenters. The fourth-order valence-corrected chi connectivity index (χ4v) is 5.43. The third kappa shape index (κ3) is 5.33. The second-order valence-corrected chi connectivity index (χ2v) is 11.6. The smallest absolute Gasteiger partial charge is 0.273 e. The Morgan fingerprint density at radius 2 is 1.89 bits per heavy atom. The number of likely N-dealkylation sites (tertiary alicyclic amines) is 1. The van der Waals surface area contributed by atoms with Gasteiger partial charge in [0.2, 0.25) is 5.91 Å². The summed E-state index contributed by atoms with van der Waals surface area (Å²) in [6.07, 6.45) is 5.33. The molecule has 1 N–H and O–H groups in total. The molecule has 1 aromatic heterocycles. The highest BCUT2D eigenvalue weighted by atomic mass is 35.5. The first-order chi connectivity index (χ1) is 16.5. The maximum Gasteiger partial charge on any atom is 0.273 e. The summed E-state index contributed by atoms with van der Waals surface area (Å²) < 4.78 is 52.6. The molecule has 1 saturated heterocycles. The summed E-state index contributed by atoms with van der Waals surface area (Å²) in [4.78, 5) is 32.2.